The van der Waals surface area contributed by atoms with Crippen LogP contribution in [0.1, 0.15) is 32.6 Å². The maximum absolute atomic E-state index is 10.5. The Balaban J connectivity index is 2.18. The van der Waals surface area contributed by atoms with Crippen LogP contribution in [0.4, 0.5) is 4.79 Å². The molecule has 1 aliphatic rings. The van der Waals surface area contributed by atoms with Crippen LogP contribution in [0.25, 0.3) is 0 Å². The summed E-state index contributed by atoms with van der Waals surface area (Å²) in [5.41, 5.74) is 0. The standard InChI is InChI=1S/C11H22N2O2S/c1-8(7-16-2)12-9-3-5-10(6-4-9)13-11(14)15/h8-10,12-13H,3-7H2,1-2H3,(H,14,15). The first-order chi connectivity index (χ1) is 7.61. The Bertz CT molecular complexity index is 218. The lowest BCUT2D eigenvalue weighted by Crippen LogP contribution is -2.44. The molecule has 3 N–H and O–H groups in total. The summed E-state index contributed by atoms with van der Waals surface area (Å²) in [6.45, 7) is 2.21. The van der Waals surface area contributed by atoms with Gasteiger partial charge in [-0.25, -0.2) is 4.79 Å². The normalized spacial score (nSPS) is 27.4. The number of amides is 1. The van der Waals surface area contributed by atoms with Gasteiger partial charge in [0.05, 0.1) is 0 Å². The van der Waals surface area contributed by atoms with Crippen molar-refractivity contribution in [1.29, 1.82) is 0 Å². The summed E-state index contributed by atoms with van der Waals surface area (Å²) < 4.78 is 0. The quantitative estimate of drug-likeness (QED) is 0.693. The second kappa shape index (κ2) is 7.01. The molecule has 1 unspecified atom stereocenters. The predicted octanol–water partition coefficient (Wildman–Crippen LogP) is 1.91. The largest absolute Gasteiger partial charge is 0.465 e. The van der Waals surface area contributed by atoms with Gasteiger partial charge in [-0.15, -0.1) is 0 Å². The van der Waals surface area contributed by atoms with Gasteiger partial charge in [-0.05, 0) is 38.9 Å². The van der Waals surface area contributed by atoms with Gasteiger partial charge in [-0.2, -0.15) is 11.8 Å². The van der Waals surface area contributed by atoms with E-state index in [1.165, 1.54) is 0 Å². The molecule has 0 aromatic heterocycles. The molecule has 1 fully saturated rings. The summed E-state index contributed by atoms with van der Waals surface area (Å²) in [4.78, 5) is 10.5. The van der Waals surface area contributed by atoms with Crippen molar-refractivity contribution < 1.29 is 9.90 Å². The van der Waals surface area contributed by atoms with Gasteiger partial charge in [-0.3, -0.25) is 0 Å². The smallest absolute Gasteiger partial charge is 0.404 e. The van der Waals surface area contributed by atoms with Crippen LogP contribution in [0.5, 0.6) is 0 Å². The average Bonchev–Trinajstić information content (AvgIpc) is 2.20. The van der Waals surface area contributed by atoms with Crippen molar-refractivity contribution in [1.82, 2.24) is 10.6 Å². The number of nitrogens with one attached hydrogen (secondary N) is 2. The maximum Gasteiger partial charge on any atom is 0.404 e. The Morgan fingerprint density at radius 2 is 1.94 bits per heavy atom. The molecule has 0 radical (unpaired) electrons. The molecule has 0 saturated heterocycles. The molecule has 1 saturated carbocycles. The van der Waals surface area contributed by atoms with Gasteiger partial charge in [-0.1, -0.05) is 0 Å². The van der Waals surface area contributed by atoms with Crippen LogP contribution in [0.15, 0.2) is 0 Å². The molecule has 4 nitrogen and oxygen atoms in total. The first kappa shape index (κ1) is 13.6. The van der Waals surface area contributed by atoms with Crippen LogP contribution in [-0.2, 0) is 0 Å². The fourth-order valence-electron chi connectivity index (χ4n) is 2.28. The number of thioether (sulfide) groups is 1. The van der Waals surface area contributed by atoms with Crippen molar-refractivity contribution in [3.05, 3.63) is 0 Å². The topological polar surface area (TPSA) is 61.4 Å². The van der Waals surface area contributed by atoms with Crippen LogP contribution in [0.2, 0.25) is 0 Å². The molecule has 0 heterocycles. The lowest BCUT2D eigenvalue weighted by atomic mass is 9.91. The average molecular weight is 246 g/mol. The summed E-state index contributed by atoms with van der Waals surface area (Å²) in [6, 6.07) is 1.27. The molecule has 1 aliphatic carbocycles. The Kier molecular flexibility index (Phi) is 5.98. The highest BCUT2D eigenvalue weighted by Gasteiger charge is 2.22. The number of carboxylic acid groups (broad SMARTS) is 1. The summed E-state index contributed by atoms with van der Waals surface area (Å²) in [7, 11) is 0. The SMILES string of the molecule is CSCC(C)NC1CCC(NC(=O)O)CC1. The Morgan fingerprint density at radius 3 is 2.44 bits per heavy atom. The molecule has 1 rings (SSSR count). The zero-order valence-electron chi connectivity index (χ0n) is 10.0. The monoisotopic (exact) mass is 246 g/mol. The van der Waals surface area contributed by atoms with Crippen molar-refractivity contribution >= 4 is 17.9 Å². The van der Waals surface area contributed by atoms with Gasteiger partial charge < -0.3 is 15.7 Å². The number of carbonyl (C=O) groups is 1. The van der Waals surface area contributed by atoms with E-state index in [9.17, 15) is 4.79 Å². The van der Waals surface area contributed by atoms with E-state index >= 15 is 0 Å². The molecular formula is C11H22N2O2S. The first-order valence-corrected chi connectivity index (χ1v) is 7.25. The van der Waals surface area contributed by atoms with Crippen molar-refractivity contribution in [2.24, 2.45) is 0 Å². The van der Waals surface area contributed by atoms with E-state index in [0.29, 0.717) is 12.1 Å². The van der Waals surface area contributed by atoms with E-state index in [-0.39, 0.29) is 6.04 Å². The highest BCUT2D eigenvalue weighted by molar-refractivity contribution is 7.98. The van der Waals surface area contributed by atoms with Gasteiger partial charge in [0.2, 0.25) is 0 Å². The summed E-state index contributed by atoms with van der Waals surface area (Å²) >= 11 is 1.85. The highest BCUT2D eigenvalue weighted by Crippen LogP contribution is 2.19. The minimum Gasteiger partial charge on any atom is -0.465 e. The Labute approximate surface area is 102 Å². The van der Waals surface area contributed by atoms with Gasteiger partial charge in [0.25, 0.3) is 0 Å². The summed E-state index contributed by atoms with van der Waals surface area (Å²) in [6.07, 6.45) is 5.28. The zero-order valence-corrected chi connectivity index (χ0v) is 10.8. The fourth-order valence-corrected chi connectivity index (χ4v) is 2.88. The van der Waals surface area contributed by atoms with Gasteiger partial charge in [0.15, 0.2) is 0 Å². The highest BCUT2D eigenvalue weighted by atomic mass is 32.2. The molecule has 5 heteroatoms. The molecule has 0 bridgehead atoms. The molecule has 1 atom stereocenters. The molecule has 0 aromatic rings. The van der Waals surface area contributed by atoms with Crippen LogP contribution >= 0.6 is 11.8 Å². The number of hydrogen-bond donors (Lipinski definition) is 3. The third kappa shape index (κ3) is 5.07. The molecule has 16 heavy (non-hydrogen) atoms. The minimum absolute atomic E-state index is 0.159. The maximum atomic E-state index is 10.5. The predicted molar refractivity (Wildman–Crippen MR) is 68.2 cm³/mol. The Morgan fingerprint density at radius 1 is 1.38 bits per heavy atom. The van der Waals surface area contributed by atoms with E-state index in [4.69, 9.17) is 5.11 Å². The van der Waals surface area contributed by atoms with E-state index in [0.717, 1.165) is 31.4 Å². The minimum atomic E-state index is -0.896. The zero-order chi connectivity index (χ0) is 12.0. The van der Waals surface area contributed by atoms with Crippen LogP contribution in [0, 0.1) is 0 Å². The fraction of sp³-hybridized carbons (Fsp3) is 0.909. The van der Waals surface area contributed by atoms with Crippen LogP contribution < -0.4 is 10.6 Å². The third-order valence-electron chi connectivity index (χ3n) is 2.99. The lowest BCUT2D eigenvalue weighted by Gasteiger charge is -2.31. The van der Waals surface area contributed by atoms with Gasteiger partial charge >= 0.3 is 6.09 Å². The molecule has 0 aromatic carbocycles. The molecule has 94 valence electrons. The third-order valence-corrected chi connectivity index (χ3v) is 3.82. The summed E-state index contributed by atoms with van der Waals surface area (Å²) in [5, 5.41) is 14.8. The van der Waals surface area contributed by atoms with Crippen molar-refractivity contribution in [2.45, 2.75) is 50.7 Å². The van der Waals surface area contributed by atoms with Gasteiger partial charge in [0, 0.05) is 23.9 Å². The molecule has 1 amide bonds. The second-order valence-electron chi connectivity index (χ2n) is 4.52. The van der Waals surface area contributed by atoms with Crippen molar-refractivity contribution in [2.75, 3.05) is 12.0 Å². The molecular weight excluding hydrogens is 224 g/mol. The lowest BCUT2D eigenvalue weighted by molar-refractivity contribution is 0.183. The molecule has 0 aliphatic heterocycles. The van der Waals surface area contributed by atoms with E-state index < -0.39 is 6.09 Å². The van der Waals surface area contributed by atoms with Crippen molar-refractivity contribution in [3.8, 4) is 0 Å². The molecule has 0 spiro atoms. The summed E-state index contributed by atoms with van der Waals surface area (Å²) in [5.74, 6) is 1.13. The van der Waals surface area contributed by atoms with Crippen LogP contribution in [0.3, 0.4) is 0 Å². The van der Waals surface area contributed by atoms with Crippen molar-refractivity contribution in [3.63, 3.8) is 0 Å². The van der Waals surface area contributed by atoms with Gasteiger partial charge in [0.1, 0.15) is 0 Å². The van der Waals surface area contributed by atoms with E-state index in [1.54, 1.807) is 0 Å². The van der Waals surface area contributed by atoms with E-state index in [1.807, 2.05) is 11.8 Å². The van der Waals surface area contributed by atoms with Crippen LogP contribution in [-0.4, -0.2) is 41.3 Å². The van der Waals surface area contributed by atoms with E-state index in [2.05, 4.69) is 23.8 Å². The second-order valence-corrected chi connectivity index (χ2v) is 5.43. The number of rotatable bonds is 5. The number of hydrogen-bond acceptors (Lipinski definition) is 3. The Hall–Kier alpha value is -0.420. The first-order valence-electron chi connectivity index (χ1n) is 5.86.